The molecule has 0 saturated heterocycles. The third kappa shape index (κ3) is 5.05. The number of aliphatic hydroxyl groups is 1. The molecule has 6 nitrogen and oxygen atoms in total. The summed E-state index contributed by atoms with van der Waals surface area (Å²) in [5.41, 5.74) is 7.75. The summed E-state index contributed by atoms with van der Waals surface area (Å²) in [5, 5.41) is 11.3. The number of aromatic nitrogens is 1. The number of nitrogens with zero attached hydrogens (tertiary/aromatic N) is 1. The molecule has 0 radical (unpaired) electrons. The van der Waals surface area contributed by atoms with Crippen molar-refractivity contribution in [2.24, 2.45) is 5.73 Å². The van der Waals surface area contributed by atoms with E-state index in [2.05, 4.69) is 4.98 Å². The van der Waals surface area contributed by atoms with Gasteiger partial charge in [-0.15, -0.1) is 0 Å². The number of fused-ring (bicyclic) bond motifs is 1. The SMILES string of the molecule is CC(C)(N)c1cc(-c2ccc(F)cc2)nc(C(C)(O)CCC(=O)c2ccc3c(c2)OC(=O)C3)c1. The van der Waals surface area contributed by atoms with Crippen LogP contribution in [0.15, 0.2) is 54.6 Å². The van der Waals surface area contributed by atoms with Crippen molar-refractivity contribution in [1.29, 1.82) is 0 Å². The summed E-state index contributed by atoms with van der Waals surface area (Å²) in [6, 6.07) is 14.5. The van der Waals surface area contributed by atoms with Crippen LogP contribution in [0.25, 0.3) is 11.3 Å². The van der Waals surface area contributed by atoms with Gasteiger partial charge >= 0.3 is 5.97 Å². The molecule has 0 fully saturated rings. The Bertz CT molecular complexity index is 1260. The number of hydrogen-bond acceptors (Lipinski definition) is 6. The van der Waals surface area contributed by atoms with Crippen molar-refractivity contribution >= 4 is 11.8 Å². The molecule has 1 aliphatic rings. The normalized spacial score (nSPS) is 14.9. The lowest BCUT2D eigenvalue weighted by atomic mass is 9.88. The summed E-state index contributed by atoms with van der Waals surface area (Å²) in [7, 11) is 0. The molecule has 1 unspecified atom stereocenters. The first-order valence-electron chi connectivity index (χ1n) is 11.1. The van der Waals surface area contributed by atoms with E-state index in [0.29, 0.717) is 28.3 Å². The Labute approximate surface area is 197 Å². The van der Waals surface area contributed by atoms with E-state index in [0.717, 1.165) is 11.1 Å². The summed E-state index contributed by atoms with van der Waals surface area (Å²) in [6.07, 6.45) is 0.380. The standard InChI is InChI=1S/C27H27FN2O4/c1-26(2,29)19-14-21(16-6-8-20(28)9-7-16)30-24(15-19)27(3,33)11-10-22(31)17-4-5-18-13-25(32)34-23(18)12-17/h4-9,12,14-15,33H,10-11,13,29H2,1-3H3. The van der Waals surface area contributed by atoms with Gasteiger partial charge in [0, 0.05) is 28.7 Å². The number of halogens is 1. The van der Waals surface area contributed by atoms with Crippen molar-refractivity contribution in [3.05, 3.63) is 82.8 Å². The maximum absolute atomic E-state index is 13.4. The number of hydrogen-bond donors (Lipinski definition) is 2. The first-order chi connectivity index (χ1) is 15.9. The number of esters is 1. The number of nitrogens with two attached hydrogens (primary N) is 1. The van der Waals surface area contributed by atoms with Gasteiger partial charge in [0.25, 0.3) is 0 Å². The number of ketones is 1. The van der Waals surface area contributed by atoms with Crippen molar-refractivity contribution in [3.63, 3.8) is 0 Å². The number of carbonyl (C=O) groups is 2. The highest BCUT2D eigenvalue weighted by Gasteiger charge is 2.29. The van der Waals surface area contributed by atoms with Gasteiger partial charge in [-0.25, -0.2) is 9.37 Å². The predicted molar refractivity (Wildman–Crippen MR) is 126 cm³/mol. The second-order valence-corrected chi connectivity index (χ2v) is 9.53. The second kappa shape index (κ2) is 8.74. The van der Waals surface area contributed by atoms with E-state index in [1.54, 1.807) is 43.3 Å². The lowest BCUT2D eigenvalue weighted by molar-refractivity contribution is -0.131. The molecular formula is C27H27FN2O4. The molecule has 34 heavy (non-hydrogen) atoms. The second-order valence-electron chi connectivity index (χ2n) is 9.53. The van der Waals surface area contributed by atoms with Gasteiger partial charge in [-0.05, 0) is 75.2 Å². The quantitative estimate of drug-likeness (QED) is 0.306. The molecule has 0 amide bonds. The van der Waals surface area contributed by atoms with Gasteiger partial charge < -0.3 is 15.6 Å². The number of Topliss-reactive ketones (excluding diaryl/α,β-unsaturated/α-hetero) is 1. The molecule has 3 N–H and O–H groups in total. The van der Waals surface area contributed by atoms with Gasteiger partial charge in [-0.1, -0.05) is 12.1 Å². The Morgan fingerprint density at radius 3 is 2.50 bits per heavy atom. The molecule has 1 atom stereocenters. The predicted octanol–water partition coefficient (Wildman–Crippen LogP) is 4.41. The minimum atomic E-state index is -1.42. The van der Waals surface area contributed by atoms with Crippen molar-refractivity contribution in [2.45, 2.75) is 51.2 Å². The highest BCUT2D eigenvalue weighted by Crippen LogP contribution is 2.33. The average Bonchev–Trinajstić information content (AvgIpc) is 3.16. The Morgan fingerprint density at radius 1 is 1.12 bits per heavy atom. The molecule has 0 bridgehead atoms. The topological polar surface area (TPSA) is 103 Å². The van der Waals surface area contributed by atoms with Crippen molar-refractivity contribution < 1.29 is 23.8 Å². The molecule has 2 heterocycles. The van der Waals surface area contributed by atoms with Crippen LogP contribution in [0.2, 0.25) is 0 Å². The van der Waals surface area contributed by atoms with E-state index in [1.165, 1.54) is 12.1 Å². The molecule has 176 valence electrons. The Hall–Kier alpha value is -3.42. The van der Waals surface area contributed by atoms with Crippen LogP contribution in [0.3, 0.4) is 0 Å². The molecule has 0 spiro atoms. The van der Waals surface area contributed by atoms with Crippen LogP contribution in [-0.4, -0.2) is 21.8 Å². The highest BCUT2D eigenvalue weighted by atomic mass is 19.1. The van der Waals surface area contributed by atoms with Crippen LogP contribution >= 0.6 is 0 Å². The van der Waals surface area contributed by atoms with Gasteiger partial charge in [-0.3, -0.25) is 9.59 Å². The maximum Gasteiger partial charge on any atom is 0.315 e. The summed E-state index contributed by atoms with van der Waals surface area (Å²) in [4.78, 5) is 28.9. The zero-order valence-corrected chi connectivity index (χ0v) is 19.4. The van der Waals surface area contributed by atoms with Gasteiger partial charge in [0.2, 0.25) is 0 Å². The van der Waals surface area contributed by atoms with Crippen molar-refractivity contribution in [2.75, 3.05) is 0 Å². The fraction of sp³-hybridized carbons (Fsp3) is 0.296. The number of rotatable bonds is 7. The summed E-state index contributed by atoms with van der Waals surface area (Å²) >= 11 is 0. The van der Waals surface area contributed by atoms with E-state index < -0.39 is 11.1 Å². The van der Waals surface area contributed by atoms with E-state index in [1.807, 2.05) is 19.9 Å². The first-order valence-corrected chi connectivity index (χ1v) is 11.1. The lowest BCUT2D eigenvalue weighted by Crippen LogP contribution is -2.31. The molecule has 4 rings (SSSR count). The molecule has 0 aliphatic carbocycles. The van der Waals surface area contributed by atoms with Gasteiger partial charge in [0.1, 0.15) is 17.2 Å². The number of ether oxygens (including phenoxy) is 1. The smallest absolute Gasteiger partial charge is 0.315 e. The Morgan fingerprint density at radius 2 is 1.82 bits per heavy atom. The highest BCUT2D eigenvalue weighted by molar-refractivity contribution is 5.97. The summed E-state index contributed by atoms with van der Waals surface area (Å²) in [6.45, 7) is 5.30. The maximum atomic E-state index is 13.4. The third-order valence-corrected chi connectivity index (χ3v) is 6.05. The van der Waals surface area contributed by atoms with Crippen molar-refractivity contribution in [3.8, 4) is 17.0 Å². The summed E-state index contributed by atoms with van der Waals surface area (Å²) < 4.78 is 18.5. The van der Waals surface area contributed by atoms with E-state index in [9.17, 15) is 19.1 Å². The van der Waals surface area contributed by atoms with Crippen LogP contribution in [0.1, 0.15) is 60.8 Å². The first kappa shape index (κ1) is 23.7. The van der Waals surface area contributed by atoms with E-state index >= 15 is 0 Å². The Kier molecular flexibility index (Phi) is 6.10. The Balaban J connectivity index is 1.59. The fourth-order valence-electron chi connectivity index (χ4n) is 3.86. The van der Waals surface area contributed by atoms with Gasteiger partial charge in [0.15, 0.2) is 5.78 Å². The van der Waals surface area contributed by atoms with Crippen molar-refractivity contribution in [1.82, 2.24) is 4.98 Å². The van der Waals surface area contributed by atoms with E-state index in [-0.39, 0.29) is 36.8 Å². The lowest BCUT2D eigenvalue weighted by Gasteiger charge is -2.27. The minimum absolute atomic E-state index is 0.0591. The summed E-state index contributed by atoms with van der Waals surface area (Å²) in [5.74, 6) is -0.467. The number of carbonyl (C=O) groups excluding carboxylic acids is 2. The number of benzene rings is 2. The molecule has 1 aromatic heterocycles. The molecule has 1 aliphatic heterocycles. The molecule has 2 aromatic carbocycles. The number of pyridine rings is 1. The zero-order chi connectivity index (χ0) is 24.7. The van der Waals surface area contributed by atoms with Crippen LogP contribution in [0, 0.1) is 5.82 Å². The zero-order valence-electron chi connectivity index (χ0n) is 19.4. The molecule has 0 saturated carbocycles. The van der Waals surface area contributed by atoms with Gasteiger partial charge in [0.05, 0.1) is 17.8 Å². The fourth-order valence-corrected chi connectivity index (χ4v) is 3.86. The largest absolute Gasteiger partial charge is 0.426 e. The van der Waals surface area contributed by atoms with Crippen LogP contribution in [0.4, 0.5) is 4.39 Å². The van der Waals surface area contributed by atoms with Crippen LogP contribution in [-0.2, 0) is 22.4 Å². The van der Waals surface area contributed by atoms with Crippen LogP contribution < -0.4 is 10.5 Å². The minimum Gasteiger partial charge on any atom is -0.426 e. The van der Waals surface area contributed by atoms with Gasteiger partial charge in [-0.2, -0.15) is 0 Å². The molecule has 3 aromatic rings. The average molecular weight is 463 g/mol. The van der Waals surface area contributed by atoms with E-state index in [4.69, 9.17) is 10.5 Å². The van der Waals surface area contributed by atoms with Crippen LogP contribution in [0.5, 0.6) is 5.75 Å². The monoisotopic (exact) mass is 462 g/mol. The third-order valence-electron chi connectivity index (χ3n) is 6.05. The molecule has 7 heteroatoms. The molecular weight excluding hydrogens is 435 g/mol.